The summed E-state index contributed by atoms with van der Waals surface area (Å²) in [6.45, 7) is 13.4. The second kappa shape index (κ2) is 8.53. The molecule has 21 heavy (non-hydrogen) atoms. The monoisotopic (exact) mass is 294 g/mol. The van der Waals surface area contributed by atoms with Gasteiger partial charge in [0.05, 0.1) is 0 Å². The van der Waals surface area contributed by atoms with Crippen molar-refractivity contribution in [1.29, 1.82) is 0 Å². The van der Waals surface area contributed by atoms with Crippen molar-refractivity contribution in [3.05, 3.63) is 0 Å². The third-order valence-electron chi connectivity index (χ3n) is 6.06. The van der Waals surface area contributed by atoms with Gasteiger partial charge in [-0.3, -0.25) is 0 Å². The van der Waals surface area contributed by atoms with E-state index in [2.05, 4.69) is 37.9 Å². The maximum atomic E-state index is 3.81. The van der Waals surface area contributed by atoms with Gasteiger partial charge in [-0.05, 0) is 62.9 Å². The highest BCUT2D eigenvalue weighted by atomic mass is 15.2. The third kappa shape index (κ3) is 4.69. The SMILES string of the molecule is CCNC1CC(C)CC(C)C1CN1CCCCCC1CC. The normalized spacial score (nSPS) is 39.1. The Morgan fingerprint density at radius 3 is 2.57 bits per heavy atom. The van der Waals surface area contributed by atoms with Crippen molar-refractivity contribution in [1.82, 2.24) is 10.2 Å². The van der Waals surface area contributed by atoms with Gasteiger partial charge in [-0.2, -0.15) is 0 Å². The van der Waals surface area contributed by atoms with Crippen molar-refractivity contribution in [3.63, 3.8) is 0 Å². The lowest BCUT2D eigenvalue weighted by molar-refractivity contribution is 0.0800. The van der Waals surface area contributed by atoms with Crippen LogP contribution in [0.3, 0.4) is 0 Å². The number of nitrogens with one attached hydrogen (secondary N) is 1. The molecule has 2 rings (SSSR count). The van der Waals surface area contributed by atoms with Gasteiger partial charge in [0.15, 0.2) is 0 Å². The first kappa shape index (κ1) is 17.3. The predicted octanol–water partition coefficient (Wildman–Crippen LogP) is 4.30. The average Bonchev–Trinajstić information content (AvgIpc) is 2.67. The maximum Gasteiger partial charge on any atom is 0.0112 e. The summed E-state index contributed by atoms with van der Waals surface area (Å²) in [5.41, 5.74) is 0. The first-order chi connectivity index (χ1) is 10.2. The van der Waals surface area contributed by atoms with Crippen molar-refractivity contribution in [3.8, 4) is 0 Å². The molecule has 1 aliphatic heterocycles. The smallest absolute Gasteiger partial charge is 0.0112 e. The van der Waals surface area contributed by atoms with Crippen LogP contribution in [0.5, 0.6) is 0 Å². The van der Waals surface area contributed by atoms with Crippen LogP contribution in [-0.4, -0.2) is 36.6 Å². The molecule has 0 amide bonds. The quantitative estimate of drug-likeness (QED) is 0.813. The Hall–Kier alpha value is -0.0800. The van der Waals surface area contributed by atoms with Crippen LogP contribution in [0.4, 0.5) is 0 Å². The molecule has 5 unspecified atom stereocenters. The van der Waals surface area contributed by atoms with Crippen LogP contribution in [0, 0.1) is 17.8 Å². The molecule has 5 atom stereocenters. The molecule has 124 valence electrons. The van der Waals surface area contributed by atoms with Crippen LogP contribution in [0.15, 0.2) is 0 Å². The molecule has 2 fully saturated rings. The van der Waals surface area contributed by atoms with Crippen LogP contribution in [0.1, 0.15) is 72.6 Å². The molecule has 2 heteroatoms. The fourth-order valence-corrected chi connectivity index (χ4v) is 4.92. The second-order valence-electron chi connectivity index (χ2n) is 7.79. The average molecular weight is 295 g/mol. The highest BCUT2D eigenvalue weighted by Gasteiger charge is 2.35. The van der Waals surface area contributed by atoms with Gasteiger partial charge in [0, 0.05) is 18.6 Å². The number of hydrogen-bond donors (Lipinski definition) is 1. The zero-order valence-corrected chi connectivity index (χ0v) is 14.9. The molecular formula is C19H38N2. The lowest BCUT2D eigenvalue weighted by atomic mass is 9.72. The van der Waals surface area contributed by atoms with E-state index in [4.69, 9.17) is 0 Å². The van der Waals surface area contributed by atoms with Gasteiger partial charge >= 0.3 is 0 Å². The first-order valence-electron chi connectivity index (χ1n) is 9.63. The third-order valence-corrected chi connectivity index (χ3v) is 6.06. The lowest BCUT2D eigenvalue weighted by Gasteiger charge is -2.43. The summed E-state index contributed by atoms with van der Waals surface area (Å²) in [5, 5.41) is 3.81. The molecule has 0 bridgehead atoms. The van der Waals surface area contributed by atoms with E-state index in [0.29, 0.717) is 0 Å². The minimum atomic E-state index is 0.745. The van der Waals surface area contributed by atoms with Crippen molar-refractivity contribution >= 4 is 0 Å². The van der Waals surface area contributed by atoms with Gasteiger partial charge in [-0.15, -0.1) is 0 Å². The number of nitrogens with zero attached hydrogens (tertiary/aromatic N) is 1. The zero-order chi connectivity index (χ0) is 15.2. The summed E-state index contributed by atoms with van der Waals surface area (Å²) in [5.74, 6) is 2.62. The Morgan fingerprint density at radius 2 is 1.86 bits per heavy atom. The van der Waals surface area contributed by atoms with Crippen molar-refractivity contribution in [2.75, 3.05) is 19.6 Å². The summed E-state index contributed by atoms with van der Waals surface area (Å²) < 4.78 is 0. The van der Waals surface area contributed by atoms with E-state index in [1.54, 1.807) is 0 Å². The summed E-state index contributed by atoms with van der Waals surface area (Å²) in [7, 11) is 0. The van der Waals surface area contributed by atoms with Gasteiger partial charge in [0.2, 0.25) is 0 Å². The Labute approximate surface area is 133 Å². The second-order valence-corrected chi connectivity index (χ2v) is 7.79. The van der Waals surface area contributed by atoms with Crippen molar-refractivity contribution in [2.45, 2.75) is 84.7 Å². The predicted molar refractivity (Wildman–Crippen MR) is 92.6 cm³/mol. The topological polar surface area (TPSA) is 15.3 Å². The van der Waals surface area contributed by atoms with Crippen LogP contribution in [0.25, 0.3) is 0 Å². The van der Waals surface area contributed by atoms with Crippen molar-refractivity contribution < 1.29 is 0 Å². The molecule has 0 aromatic rings. The van der Waals surface area contributed by atoms with E-state index < -0.39 is 0 Å². The summed E-state index contributed by atoms with van der Waals surface area (Å²) in [4.78, 5) is 2.86. The van der Waals surface area contributed by atoms with Crippen molar-refractivity contribution in [2.24, 2.45) is 17.8 Å². The van der Waals surface area contributed by atoms with E-state index in [1.165, 1.54) is 58.0 Å². The van der Waals surface area contributed by atoms with E-state index in [1.807, 2.05) is 0 Å². The number of rotatable bonds is 5. The van der Waals surface area contributed by atoms with E-state index in [9.17, 15) is 0 Å². The van der Waals surface area contributed by atoms with Gasteiger partial charge in [0.25, 0.3) is 0 Å². The fourth-order valence-electron chi connectivity index (χ4n) is 4.92. The fraction of sp³-hybridized carbons (Fsp3) is 1.00. The Morgan fingerprint density at radius 1 is 1.05 bits per heavy atom. The van der Waals surface area contributed by atoms with Gasteiger partial charge < -0.3 is 10.2 Å². The first-order valence-corrected chi connectivity index (χ1v) is 9.63. The molecule has 2 nitrogen and oxygen atoms in total. The zero-order valence-electron chi connectivity index (χ0n) is 14.9. The van der Waals surface area contributed by atoms with E-state index >= 15 is 0 Å². The molecule has 1 saturated carbocycles. The van der Waals surface area contributed by atoms with Crippen LogP contribution in [-0.2, 0) is 0 Å². The van der Waals surface area contributed by atoms with Gasteiger partial charge in [-0.1, -0.05) is 40.5 Å². The summed E-state index contributed by atoms with van der Waals surface area (Å²) >= 11 is 0. The lowest BCUT2D eigenvalue weighted by Crippen LogP contribution is -2.50. The maximum absolute atomic E-state index is 3.81. The molecule has 1 saturated heterocycles. The molecular weight excluding hydrogens is 256 g/mol. The Kier molecular flexibility index (Phi) is 7.01. The molecule has 0 aromatic heterocycles. The largest absolute Gasteiger partial charge is 0.314 e. The Bertz CT molecular complexity index is 291. The van der Waals surface area contributed by atoms with Gasteiger partial charge in [0.1, 0.15) is 0 Å². The molecule has 1 heterocycles. The summed E-state index contributed by atoms with van der Waals surface area (Å²) in [6, 6.07) is 1.59. The van der Waals surface area contributed by atoms with E-state index in [0.717, 1.165) is 36.4 Å². The van der Waals surface area contributed by atoms with Crippen LogP contribution >= 0.6 is 0 Å². The van der Waals surface area contributed by atoms with Crippen LogP contribution < -0.4 is 5.32 Å². The molecule has 0 aromatic carbocycles. The molecule has 0 radical (unpaired) electrons. The van der Waals surface area contributed by atoms with E-state index in [-0.39, 0.29) is 0 Å². The number of likely N-dealkylation sites (tertiary alicyclic amines) is 1. The Balaban J connectivity index is 2.02. The number of hydrogen-bond acceptors (Lipinski definition) is 2. The summed E-state index contributed by atoms with van der Waals surface area (Å²) in [6.07, 6.45) is 9.89. The molecule has 1 N–H and O–H groups in total. The molecule has 2 aliphatic rings. The highest BCUT2D eigenvalue weighted by molar-refractivity contribution is 4.90. The minimum absolute atomic E-state index is 0.745. The molecule has 0 spiro atoms. The van der Waals surface area contributed by atoms with Crippen LogP contribution in [0.2, 0.25) is 0 Å². The standard InChI is InChI=1S/C19H38N2/c1-5-17-10-8-7-9-11-21(17)14-18-16(4)12-15(3)13-19(18)20-6-2/h15-20H,5-14H2,1-4H3. The van der Waals surface area contributed by atoms with Gasteiger partial charge in [-0.25, -0.2) is 0 Å². The molecule has 1 aliphatic carbocycles. The minimum Gasteiger partial charge on any atom is -0.314 e. The highest BCUT2D eigenvalue weighted by Crippen LogP contribution is 2.35.